The van der Waals surface area contributed by atoms with Crippen LogP contribution in [0.25, 0.3) is 0 Å². The molecule has 0 N–H and O–H groups in total. The van der Waals surface area contributed by atoms with E-state index in [0.29, 0.717) is 0 Å². The first-order valence-corrected chi connectivity index (χ1v) is 7.68. The van der Waals surface area contributed by atoms with Gasteiger partial charge in [-0.05, 0) is 25.0 Å². The van der Waals surface area contributed by atoms with Crippen LogP contribution in [-0.2, 0) is 19.1 Å². The lowest BCUT2D eigenvalue weighted by atomic mass is 9.92. The summed E-state index contributed by atoms with van der Waals surface area (Å²) in [6.07, 6.45) is 5.31. The molecule has 0 saturated heterocycles. The monoisotopic (exact) mass is 305 g/mol. The van der Waals surface area contributed by atoms with E-state index in [-0.39, 0.29) is 6.04 Å². The van der Waals surface area contributed by atoms with Crippen molar-refractivity contribution in [2.24, 2.45) is 0 Å². The summed E-state index contributed by atoms with van der Waals surface area (Å²) in [6.45, 7) is 0. The normalized spacial score (nSPS) is 15.4. The first-order chi connectivity index (χ1) is 10.7. The minimum absolute atomic E-state index is 0.138. The third-order valence-electron chi connectivity index (χ3n) is 4.15. The first kappa shape index (κ1) is 16.3. The summed E-state index contributed by atoms with van der Waals surface area (Å²) >= 11 is 0. The second-order valence-electron chi connectivity index (χ2n) is 5.48. The minimum atomic E-state index is -1.06. The van der Waals surface area contributed by atoms with Crippen LogP contribution in [0, 0.1) is 0 Å². The van der Waals surface area contributed by atoms with Crippen molar-refractivity contribution in [2.45, 2.75) is 44.2 Å². The predicted molar refractivity (Wildman–Crippen MR) is 83.6 cm³/mol. The molecule has 1 aliphatic carbocycles. The van der Waals surface area contributed by atoms with Gasteiger partial charge < -0.3 is 14.4 Å². The Morgan fingerprint density at radius 3 is 2.05 bits per heavy atom. The van der Waals surface area contributed by atoms with E-state index in [1.54, 1.807) is 0 Å². The second-order valence-corrected chi connectivity index (χ2v) is 5.48. The smallest absolute Gasteiger partial charge is 0.340 e. The van der Waals surface area contributed by atoms with E-state index in [4.69, 9.17) is 9.47 Å². The van der Waals surface area contributed by atoms with E-state index in [2.05, 4.69) is 0 Å². The first-order valence-electron chi connectivity index (χ1n) is 7.68. The van der Waals surface area contributed by atoms with Crippen LogP contribution >= 0.6 is 0 Å². The Balaban J connectivity index is 2.40. The molecule has 0 spiro atoms. The minimum Gasteiger partial charge on any atom is -0.467 e. The Morgan fingerprint density at radius 1 is 1.00 bits per heavy atom. The van der Waals surface area contributed by atoms with Crippen LogP contribution in [0.1, 0.15) is 32.1 Å². The van der Waals surface area contributed by atoms with Gasteiger partial charge in [-0.2, -0.15) is 0 Å². The number of hydrogen-bond acceptors (Lipinski definition) is 5. The molecule has 0 heterocycles. The Morgan fingerprint density at radius 2 is 1.55 bits per heavy atom. The van der Waals surface area contributed by atoms with E-state index >= 15 is 0 Å². The number of anilines is 1. The standard InChI is InChI=1S/C17H23NO4/c1-21-16(19)15(17(20)22-2)18(13-9-5-3-6-10-13)14-11-7-4-8-12-14/h3,5-6,9-10,14-15H,4,7-8,11-12H2,1-2H3. The van der Waals surface area contributed by atoms with Crippen molar-refractivity contribution in [1.29, 1.82) is 0 Å². The zero-order valence-electron chi connectivity index (χ0n) is 13.2. The molecule has 1 saturated carbocycles. The number of para-hydroxylation sites is 1. The molecule has 0 radical (unpaired) electrons. The number of carbonyl (C=O) groups is 2. The van der Waals surface area contributed by atoms with Crippen LogP contribution in [-0.4, -0.2) is 38.2 Å². The van der Waals surface area contributed by atoms with Gasteiger partial charge in [-0.1, -0.05) is 37.5 Å². The van der Waals surface area contributed by atoms with E-state index < -0.39 is 18.0 Å². The summed E-state index contributed by atoms with van der Waals surface area (Å²) in [5, 5.41) is 0. The number of hydrogen-bond donors (Lipinski definition) is 0. The Kier molecular flexibility index (Phi) is 5.81. The molecule has 1 aliphatic rings. The van der Waals surface area contributed by atoms with Crippen molar-refractivity contribution in [3.05, 3.63) is 30.3 Å². The van der Waals surface area contributed by atoms with Crippen LogP contribution in [0.2, 0.25) is 0 Å². The van der Waals surface area contributed by atoms with Crippen molar-refractivity contribution >= 4 is 17.6 Å². The number of ether oxygens (including phenoxy) is 2. The highest BCUT2D eigenvalue weighted by molar-refractivity contribution is 6.02. The maximum atomic E-state index is 12.2. The molecule has 0 aliphatic heterocycles. The molecule has 5 nitrogen and oxygen atoms in total. The third-order valence-corrected chi connectivity index (χ3v) is 4.15. The number of esters is 2. The number of benzene rings is 1. The lowest BCUT2D eigenvalue weighted by molar-refractivity contribution is -0.154. The van der Waals surface area contributed by atoms with Gasteiger partial charge in [0.25, 0.3) is 0 Å². The van der Waals surface area contributed by atoms with E-state index in [9.17, 15) is 9.59 Å². The van der Waals surface area contributed by atoms with Crippen LogP contribution in [0.3, 0.4) is 0 Å². The summed E-state index contributed by atoms with van der Waals surface area (Å²) < 4.78 is 9.69. The van der Waals surface area contributed by atoms with Gasteiger partial charge in [0.05, 0.1) is 14.2 Å². The quantitative estimate of drug-likeness (QED) is 0.618. The van der Waals surface area contributed by atoms with Gasteiger partial charge in [-0.3, -0.25) is 0 Å². The second kappa shape index (κ2) is 7.82. The molecule has 0 bridgehead atoms. The number of nitrogens with zero attached hydrogens (tertiary/aromatic N) is 1. The van der Waals surface area contributed by atoms with E-state index in [0.717, 1.165) is 31.4 Å². The van der Waals surface area contributed by atoms with Crippen molar-refractivity contribution in [3.8, 4) is 0 Å². The number of rotatable bonds is 5. The average molecular weight is 305 g/mol. The van der Waals surface area contributed by atoms with Crippen molar-refractivity contribution in [2.75, 3.05) is 19.1 Å². The van der Waals surface area contributed by atoms with Gasteiger partial charge in [0, 0.05) is 11.7 Å². The van der Waals surface area contributed by atoms with Crippen LogP contribution < -0.4 is 4.90 Å². The molecule has 5 heteroatoms. The van der Waals surface area contributed by atoms with Crippen molar-refractivity contribution in [1.82, 2.24) is 0 Å². The molecular formula is C17H23NO4. The van der Waals surface area contributed by atoms with Gasteiger partial charge in [0.15, 0.2) is 0 Å². The molecule has 0 unspecified atom stereocenters. The Labute approximate surface area is 131 Å². The van der Waals surface area contributed by atoms with Gasteiger partial charge in [-0.25, -0.2) is 9.59 Å². The predicted octanol–water partition coefficient (Wildman–Crippen LogP) is 2.54. The van der Waals surface area contributed by atoms with Crippen molar-refractivity contribution in [3.63, 3.8) is 0 Å². The SMILES string of the molecule is COC(=O)C(C(=O)OC)N(c1ccccc1)C1CCCCC1. The maximum Gasteiger partial charge on any atom is 0.340 e. The molecule has 2 rings (SSSR count). The molecule has 22 heavy (non-hydrogen) atoms. The Bertz CT molecular complexity index is 481. The Hall–Kier alpha value is -2.04. The topological polar surface area (TPSA) is 55.8 Å². The van der Waals surface area contributed by atoms with Gasteiger partial charge in [0.2, 0.25) is 6.04 Å². The maximum absolute atomic E-state index is 12.2. The number of methoxy groups -OCH3 is 2. The molecule has 1 aromatic carbocycles. The molecule has 120 valence electrons. The fraction of sp³-hybridized carbons (Fsp3) is 0.529. The third kappa shape index (κ3) is 3.59. The fourth-order valence-electron chi connectivity index (χ4n) is 3.08. The van der Waals surface area contributed by atoms with Crippen LogP contribution in [0.15, 0.2) is 30.3 Å². The van der Waals surface area contributed by atoms with Crippen LogP contribution in [0.4, 0.5) is 5.69 Å². The van der Waals surface area contributed by atoms with Gasteiger partial charge in [0.1, 0.15) is 0 Å². The van der Waals surface area contributed by atoms with E-state index in [1.807, 2.05) is 35.2 Å². The molecule has 0 atom stereocenters. The summed E-state index contributed by atoms with van der Waals surface area (Å²) in [7, 11) is 2.59. The summed E-state index contributed by atoms with van der Waals surface area (Å²) in [5.41, 5.74) is 0.843. The lowest BCUT2D eigenvalue weighted by Gasteiger charge is -2.39. The zero-order chi connectivity index (χ0) is 15.9. The van der Waals surface area contributed by atoms with Gasteiger partial charge in [-0.15, -0.1) is 0 Å². The molecule has 0 aromatic heterocycles. The van der Waals surface area contributed by atoms with Gasteiger partial charge >= 0.3 is 11.9 Å². The summed E-state index contributed by atoms with van der Waals surface area (Å²) in [6, 6.07) is 8.61. The fourth-order valence-corrected chi connectivity index (χ4v) is 3.08. The largest absolute Gasteiger partial charge is 0.467 e. The average Bonchev–Trinajstić information content (AvgIpc) is 2.59. The highest BCUT2D eigenvalue weighted by atomic mass is 16.5. The molecular weight excluding hydrogens is 282 g/mol. The lowest BCUT2D eigenvalue weighted by Crippen LogP contribution is -2.53. The van der Waals surface area contributed by atoms with E-state index in [1.165, 1.54) is 20.6 Å². The summed E-state index contributed by atoms with van der Waals surface area (Å²) in [5.74, 6) is -1.16. The molecule has 0 amide bonds. The molecule has 1 fully saturated rings. The van der Waals surface area contributed by atoms with Crippen LogP contribution in [0.5, 0.6) is 0 Å². The summed E-state index contributed by atoms with van der Waals surface area (Å²) in [4.78, 5) is 26.3. The number of carbonyl (C=O) groups excluding carboxylic acids is 2. The highest BCUT2D eigenvalue weighted by Gasteiger charge is 2.39. The molecule has 1 aromatic rings. The van der Waals surface area contributed by atoms with Crippen molar-refractivity contribution < 1.29 is 19.1 Å². The zero-order valence-corrected chi connectivity index (χ0v) is 13.2. The highest BCUT2D eigenvalue weighted by Crippen LogP contribution is 2.30.